The third kappa shape index (κ3) is 10.4. The van der Waals surface area contributed by atoms with Gasteiger partial charge in [-0.2, -0.15) is 0 Å². The first-order valence-electron chi connectivity index (χ1n) is 22.0. The lowest BCUT2D eigenvalue weighted by Gasteiger charge is -2.40. The molecule has 0 unspecified atom stereocenters. The number of anilines is 2. The van der Waals surface area contributed by atoms with Gasteiger partial charge in [-0.15, -0.1) is 0 Å². The highest BCUT2D eigenvalue weighted by Crippen LogP contribution is 2.57. The Morgan fingerprint density at radius 3 is 1.02 bits per heavy atom. The molecule has 0 N–H and O–H groups in total. The smallest absolute Gasteiger partial charge is 0.149 e. The van der Waals surface area contributed by atoms with Crippen LogP contribution in [0.5, 0.6) is 0 Å². The van der Waals surface area contributed by atoms with E-state index in [1.165, 1.54) is 22.3 Å². The van der Waals surface area contributed by atoms with Gasteiger partial charge in [0, 0.05) is 11.8 Å². The van der Waals surface area contributed by atoms with Gasteiger partial charge in [-0.05, 0) is 97.3 Å². The van der Waals surface area contributed by atoms with E-state index in [0.29, 0.717) is 39.0 Å². The second-order valence-electron chi connectivity index (χ2n) is 16.0. The van der Waals surface area contributed by atoms with Crippen molar-refractivity contribution in [1.29, 1.82) is 0 Å². The van der Waals surface area contributed by atoms with Crippen LogP contribution in [0.15, 0.2) is 52.9 Å². The molecule has 1 aliphatic rings. The van der Waals surface area contributed by atoms with Crippen molar-refractivity contribution in [2.45, 2.75) is 188 Å². The summed E-state index contributed by atoms with van der Waals surface area (Å²) in [6, 6.07) is 13.9. The molecule has 0 amide bonds. The van der Waals surface area contributed by atoms with Gasteiger partial charge in [0.25, 0.3) is 0 Å². The highest BCUT2D eigenvalue weighted by atomic mass is 35.5. The summed E-state index contributed by atoms with van der Waals surface area (Å²) in [5, 5.41) is 1.78. The van der Waals surface area contributed by atoms with Crippen molar-refractivity contribution in [1.82, 2.24) is 4.98 Å². The van der Waals surface area contributed by atoms with Gasteiger partial charge < -0.3 is 9.80 Å². The number of rotatable bonds is 23. The number of hydrogen-bond acceptors (Lipinski definition) is 3. The van der Waals surface area contributed by atoms with E-state index in [-0.39, 0.29) is 10.2 Å². The molecule has 310 valence electrons. The van der Waals surface area contributed by atoms with Crippen LogP contribution in [0.25, 0.3) is 0 Å². The fourth-order valence-electron chi connectivity index (χ4n) is 9.53. The lowest BCUT2D eigenvalue weighted by molar-refractivity contribution is 0.539. The van der Waals surface area contributed by atoms with E-state index in [1.807, 2.05) is 0 Å². The third-order valence-corrected chi connectivity index (χ3v) is 13.9. The Labute approximate surface area is 365 Å². The van der Waals surface area contributed by atoms with Gasteiger partial charge in [-0.25, -0.2) is 4.98 Å². The number of nitrogens with zero attached hydrogens (tertiary/aromatic N) is 3. The van der Waals surface area contributed by atoms with E-state index in [1.54, 1.807) is 6.20 Å². The maximum atomic E-state index is 7.86. The monoisotopic (exact) mass is 861 g/mol. The Morgan fingerprint density at radius 2 is 0.750 bits per heavy atom. The van der Waals surface area contributed by atoms with Crippen molar-refractivity contribution in [3.05, 3.63) is 95.9 Å². The highest BCUT2D eigenvalue weighted by molar-refractivity contribution is 6.48. The Hall–Kier alpha value is -1.62. The van der Waals surface area contributed by atoms with Gasteiger partial charge in [-0.3, -0.25) is 0 Å². The molecular formula is C48H68Cl5N3. The highest BCUT2D eigenvalue weighted by Gasteiger charge is 2.46. The zero-order valence-corrected chi connectivity index (χ0v) is 39.3. The van der Waals surface area contributed by atoms with Crippen LogP contribution >= 0.6 is 58.0 Å². The van der Waals surface area contributed by atoms with Gasteiger partial charge in [0.2, 0.25) is 0 Å². The maximum Gasteiger partial charge on any atom is 0.149 e. The Kier molecular flexibility index (Phi) is 19.5. The molecule has 0 bridgehead atoms. The third-order valence-electron chi connectivity index (χ3n) is 11.8. The lowest BCUT2D eigenvalue weighted by Crippen LogP contribution is -2.35. The molecule has 0 atom stereocenters. The summed E-state index contributed by atoms with van der Waals surface area (Å²) in [6.45, 7) is 18.3. The van der Waals surface area contributed by atoms with E-state index < -0.39 is 6.17 Å². The van der Waals surface area contributed by atoms with E-state index in [2.05, 4.69) is 107 Å². The van der Waals surface area contributed by atoms with Crippen molar-refractivity contribution >= 4 is 69.4 Å². The Bertz CT molecular complexity index is 1540. The minimum absolute atomic E-state index is 0.178. The average molecular weight is 864 g/mol. The molecule has 2 heterocycles. The second-order valence-corrected chi connectivity index (χ2v) is 17.8. The van der Waals surface area contributed by atoms with Crippen molar-refractivity contribution in [3.63, 3.8) is 0 Å². The van der Waals surface area contributed by atoms with Crippen LogP contribution in [0.4, 0.5) is 11.4 Å². The molecule has 56 heavy (non-hydrogen) atoms. The van der Waals surface area contributed by atoms with Crippen LogP contribution in [0.2, 0.25) is 15.2 Å². The standard InChI is InChI=1S/C48H68Cl5N3/c1-9-19-32(20-10-2)36-27-17-28-37(33(21-11-3)22-12-4)43(36)55-46(52)47(53)56(48(55)40-31-54-45(51)42(50)41(40)49)44-38(34(23-13-5)24-14-6)29-18-30-39(44)35(25-15-7)26-16-8/h17-18,27-35,48H,9-16,19-26H2,1-8H3. The van der Waals surface area contributed by atoms with Crippen LogP contribution in [-0.4, -0.2) is 4.98 Å². The number of halogens is 5. The van der Waals surface area contributed by atoms with Gasteiger partial charge >= 0.3 is 0 Å². The number of hydrogen-bond donors (Lipinski definition) is 0. The molecule has 0 spiro atoms. The average Bonchev–Trinajstić information content (AvgIpc) is 3.44. The predicted molar refractivity (Wildman–Crippen MR) is 249 cm³/mol. The zero-order chi connectivity index (χ0) is 40.9. The molecule has 2 aromatic carbocycles. The van der Waals surface area contributed by atoms with Crippen LogP contribution < -0.4 is 9.80 Å². The Morgan fingerprint density at radius 1 is 0.464 bits per heavy atom. The predicted octanol–water partition coefficient (Wildman–Crippen LogP) is 18.4. The second kappa shape index (κ2) is 23.2. The summed E-state index contributed by atoms with van der Waals surface area (Å²) in [5.74, 6) is 1.40. The van der Waals surface area contributed by atoms with Crippen LogP contribution in [0.3, 0.4) is 0 Å². The largest absolute Gasteiger partial charge is 0.303 e. The first-order chi connectivity index (χ1) is 27.1. The maximum absolute atomic E-state index is 7.86. The van der Waals surface area contributed by atoms with E-state index >= 15 is 0 Å². The van der Waals surface area contributed by atoms with Crippen LogP contribution in [0, 0.1) is 0 Å². The molecule has 0 radical (unpaired) electrons. The molecule has 0 saturated heterocycles. The van der Waals surface area contributed by atoms with Crippen molar-refractivity contribution in [2.24, 2.45) is 0 Å². The topological polar surface area (TPSA) is 19.4 Å². The van der Waals surface area contributed by atoms with Gasteiger partial charge in [0.05, 0.1) is 21.4 Å². The van der Waals surface area contributed by atoms with Gasteiger partial charge in [0.15, 0.2) is 0 Å². The summed E-state index contributed by atoms with van der Waals surface area (Å²) < 4.78 is 0. The summed E-state index contributed by atoms with van der Waals surface area (Å²) in [5.41, 5.74) is 8.31. The molecule has 3 nitrogen and oxygen atoms in total. The first kappa shape index (κ1) is 47.1. The SMILES string of the molecule is CCCC(CCC)c1cccc(C(CCC)CCC)c1N1C(Cl)=C(Cl)N(c2c(C(CCC)CCC)cccc2C(CCC)CCC)C1c1cnc(Cl)c(Cl)c1Cl. The number of pyridine rings is 1. The van der Waals surface area contributed by atoms with Crippen molar-refractivity contribution < 1.29 is 0 Å². The Balaban J connectivity index is 2.24. The number of para-hydroxylation sites is 2. The van der Waals surface area contributed by atoms with Crippen molar-refractivity contribution in [3.8, 4) is 0 Å². The molecule has 4 rings (SSSR count). The van der Waals surface area contributed by atoms with Gasteiger partial charge in [0.1, 0.15) is 21.6 Å². The van der Waals surface area contributed by atoms with E-state index in [0.717, 1.165) is 120 Å². The lowest BCUT2D eigenvalue weighted by atomic mass is 9.82. The van der Waals surface area contributed by atoms with Crippen LogP contribution in [0.1, 0.15) is 216 Å². The molecule has 1 aliphatic heterocycles. The molecule has 0 fully saturated rings. The fourth-order valence-corrected chi connectivity index (χ4v) is 10.6. The van der Waals surface area contributed by atoms with E-state index in [9.17, 15) is 0 Å². The zero-order valence-electron chi connectivity index (χ0n) is 35.5. The van der Waals surface area contributed by atoms with E-state index in [4.69, 9.17) is 58.0 Å². The molecule has 8 heteroatoms. The summed E-state index contributed by atoms with van der Waals surface area (Å²) in [6.07, 6.45) is 18.6. The minimum Gasteiger partial charge on any atom is -0.303 e. The summed E-state index contributed by atoms with van der Waals surface area (Å²) in [4.78, 5) is 9.26. The quantitative estimate of drug-likeness (QED) is 0.0699. The molecule has 0 aliphatic carbocycles. The molecule has 1 aromatic heterocycles. The van der Waals surface area contributed by atoms with Gasteiger partial charge in [-0.1, -0.05) is 201 Å². The molecular weight excluding hydrogens is 796 g/mol. The summed E-state index contributed by atoms with van der Waals surface area (Å²) >= 11 is 36.6. The number of aromatic nitrogens is 1. The van der Waals surface area contributed by atoms with Crippen molar-refractivity contribution in [2.75, 3.05) is 9.80 Å². The first-order valence-corrected chi connectivity index (χ1v) is 23.9. The van der Waals surface area contributed by atoms with Crippen LogP contribution in [-0.2, 0) is 0 Å². The summed E-state index contributed by atoms with van der Waals surface area (Å²) in [7, 11) is 0. The fraction of sp³-hybridized carbons (Fsp3) is 0.604. The molecule has 0 saturated carbocycles. The molecule has 3 aromatic rings. The number of benzene rings is 2. The minimum atomic E-state index is -0.565. The normalized spacial score (nSPS) is 13.9.